The van der Waals surface area contributed by atoms with Crippen molar-refractivity contribution >= 4 is 55.6 Å². The zero-order chi connectivity index (χ0) is 26.3. The topological polar surface area (TPSA) is 110 Å². The van der Waals surface area contributed by atoms with Gasteiger partial charge in [-0.3, -0.25) is 4.79 Å². The number of carbonyl (C=O) groups excluding carboxylic acids is 2. The van der Waals surface area contributed by atoms with Gasteiger partial charge in [-0.25, -0.2) is 4.79 Å². The molecule has 4 N–H and O–H groups in total. The number of benzene rings is 3. The molecule has 0 saturated carbocycles. The van der Waals surface area contributed by atoms with Crippen LogP contribution in [0.15, 0.2) is 48.5 Å². The molecular formula is C30H29N5O4. The molecule has 1 atom stereocenters. The Morgan fingerprint density at radius 2 is 1.59 bits per heavy atom. The molecular weight excluding hydrogens is 494 g/mol. The number of para-hydroxylation sites is 2. The molecule has 0 radical (unpaired) electrons. The summed E-state index contributed by atoms with van der Waals surface area (Å²) in [6.07, 6.45) is 1.21. The smallest absolute Gasteiger partial charge is 0.407 e. The van der Waals surface area contributed by atoms with Gasteiger partial charge in [0.15, 0.2) is 0 Å². The molecule has 39 heavy (non-hydrogen) atoms. The molecule has 5 aromatic rings. The summed E-state index contributed by atoms with van der Waals surface area (Å²) in [5, 5.41) is 25.5. The molecule has 9 nitrogen and oxygen atoms in total. The number of rotatable bonds is 3. The third kappa shape index (κ3) is 3.26. The molecule has 0 aliphatic carbocycles. The quantitative estimate of drug-likeness (QED) is 0.290. The Morgan fingerprint density at radius 1 is 0.974 bits per heavy atom. The van der Waals surface area contributed by atoms with Gasteiger partial charge in [0.05, 0.1) is 29.7 Å². The van der Waals surface area contributed by atoms with Crippen molar-refractivity contribution in [1.82, 2.24) is 25.1 Å². The van der Waals surface area contributed by atoms with Gasteiger partial charge in [0, 0.05) is 45.2 Å². The molecule has 9 heteroatoms. The number of aliphatic hydroxyl groups is 1. The standard InChI is InChI=1S/C30H29N5O4/c36-28-25-20(13-32-28)23-18-5-1-3-7-21(18)34-14-30(38,16-39-29(37)33-17-9-11-31-12-10-17)15-35-22-8-4-2-6-19(22)24(25)27(35)26(23)34/h1-8,17,31,38H,9-16H2,(H,32,36)(H,33,37). The highest BCUT2D eigenvalue weighted by Crippen LogP contribution is 2.46. The predicted molar refractivity (Wildman–Crippen MR) is 149 cm³/mol. The lowest BCUT2D eigenvalue weighted by Crippen LogP contribution is -2.47. The number of hydrogen-bond acceptors (Lipinski definition) is 5. The van der Waals surface area contributed by atoms with E-state index < -0.39 is 11.7 Å². The van der Waals surface area contributed by atoms with E-state index in [1.165, 1.54) is 0 Å². The molecule has 2 amide bonds. The minimum Gasteiger partial charge on any atom is -0.446 e. The first kappa shape index (κ1) is 22.9. The van der Waals surface area contributed by atoms with Crippen LogP contribution in [0.25, 0.3) is 43.6 Å². The van der Waals surface area contributed by atoms with E-state index >= 15 is 0 Å². The number of hydrogen-bond donors (Lipinski definition) is 4. The highest BCUT2D eigenvalue weighted by atomic mass is 16.6. The second-order valence-corrected chi connectivity index (χ2v) is 11.2. The van der Waals surface area contributed by atoms with Gasteiger partial charge in [0.1, 0.15) is 12.2 Å². The lowest BCUT2D eigenvalue weighted by Gasteiger charge is -2.29. The molecule has 198 valence electrons. The zero-order valence-electron chi connectivity index (χ0n) is 21.4. The summed E-state index contributed by atoms with van der Waals surface area (Å²) in [6.45, 7) is 2.52. The summed E-state index contributed by atoms with van der Waals surface area (Å²) in [5.41, 5.74) is 4.22. The molecule has 8 rings (SSSR count). The fraction of sp³-hybridized carbons (Fsp3) is 0.333. The van der Waals surface area contributed by atoms with Crippen LogP contribution in [0.3, 0.4) is 0 Å². The summed E-state index contributed by atoms with van der Waals surface area (Å²) in [7, 11) is 0. The number of fused-ring (bicyclic) bond motifs is 9. The summed E-state index contributed by atoms with van der Waals surface area (Å²) in [5.74, 6) is -0.0657. The second kappa shape index (κ2) is 8.21. The van der Waals surface area contributed by atoms with Crippen LogP contribution in [0.1, 0.15) is 28.8 Å². The van der Waals surface area contributed by atoms with Gasteiger partial charge in [-0.05, 0) is 43.6 Å². The van der Waals surface area contributed by atoms with E-state index in [0.717, 1.165) is 80.7 Å². The Kier molecular flexibility index (Phi) is 4.81. The number of ether oxygens (including phenoxy) is 1. The molecule has 3 aliphatic rings. The number of nitrogens with zero attached hydrogens (tertiary/aromatic N) is 2. The van der Waals surface area contributed by atoms with Crippen LogP contribution in [-0.4, -0.2) is 57.6 Å². The monoisotopic (exact) mass is 523 g/mol. The largest absolute Gasteiger partial charge is 0.446 e. The molecule has 0 bridgehead atoms. The predicted octanol–water partition coefficient (Wildman–Crippen LogP) is 3.37. The molecule has 2 aromatic heterocycles. The van der Waals surface area contributed by atoms with Crippen LogP contribution in [0.2, 0.25) is 0 Å². The molecule has 3 aliphatic heterocycles. The number of amides is 2. The van der Waals surface area contributed by atoms with E-state index in [1.807, 2.05) is 36.4 Å². The maximum absolute atomic E-state index is 13.2. The average Bonchev–Trinajstić information content (AvgIpc) is 3.55. The SMILES string of the molecule is O=C(NC1CCNCC1)OCC1(O)Cn2c3ccccc3c3c4c(c5c6ccccc6n(c5c32)C1)C(=O)NC4. The summed E-state index contributed by atoms with van der Waals surface area (Å²) < 4.78 is 9.98. The van der Waals surface area contributed by atoms with Crippen LogP contribution in [0, 0.1) is 0 Å². The van der Waals surface area contributed by atoms with E-state index in [4.69, 9.17) is 4.74 Å². The van der Waals surface area contributed by atoms with Crippen molar-refractivity contribution in [2.45, 2.75) is 44.1 Å². The van der Waals surface area contributed by atoms with Crippen molar-refractivity contribution < 1.29 is 19.4 Å². The number of aromatic nitrogens is 2. The van der Waals surface area contributed by atoms with Gasteiger partial charge in [-0.2, -0.15) is 0 Å². The zero-order valence-corrected chi connectivity index (χ0v) is 21.4. The van der Waals surface area contributed by atoms with Crippen LogP contribution in [0.4, 0.5) is 4.79 Å². The average molecular weight is 524 g/mol. The van der Waals surface area contributed by atoms with Crippen LogP contribution >= 0.6 is 0 Å². The molecule has 1 saturated heterocycles. The van der Waals surface area contributed by atoms with Gasteiger partial charge >= 0.3 is 6.09 Å². The van der Waals surface area contributed by atoms with E-state index in [-0.39, 0.29) is 31.6 Å². The van der Waals surface area contributed by atoms with Crippen molar-refractivity contribution in [3.8, 4) is 0 Å². The summed E-state index contributed by atoms with van der Waals surface area (Å²) >= 11 is 0. The minimum atomic E-state index is -1.37. The van der Waals surface area contributed by atoms with Crippen molar-refractivity contribution in [2.75, 3.05) is 19.7 Å². The highest BCUT2D eigenvalue weighted by Gasteiger charge is 2.39. The fourth-order valence-corrected chi connectivity index (χ4v) is 7.05. The third-order valence-electron chi connectivity index (χ3n) is 8.71. The minimum absolute atomic E-state index is 0.0657. The van der Waals surface area contributed by atoms with Crippen LogP contribution < -0.4 is 16.0 Å². The first-order chi connectivity index (χ1) is 19.0. The van der Waals surface area contributed by atoms with E-state index in [1.54, 1.807) is 0 Å². The first-order valence-corrected chi connectivity index (χ1v) is 13.6. The van der Waals surface area contributed by atoms with Gasteiger partial charge in [-0.1, -0.05) is 36.4 Å². The number of piperidine rings is 1. The maximum atomic E-state index is 13.2. The fourth-order valence-electron chi connectivity index (χ4n) is 7.05. The molecule has 1 fully saturated rings. The highest BCUT2D eigenvalue weighted by molar-refractivity contribution is 6.30. The Labute approximate surface area is 223 Å². The van der Waals surface area contributed by atoms with Gasteiger partial charge < -0.3 is 34.9 Å². The number of alkyl carbamates (subject to hydrolysis) is 1. The molecule has 5 heterocycles. The molecule has 1 unspecified atom stereocenters. The molecule has 0 spiro atoms. The van der Waals surface area contributed by atoms with Crippen molar-refractivity contribution in [2.24, 2.45) is 0 Å². The normalized spacial score (nSPS) is 21.1. The Morgan fingerprint density at radius 3 is 2.28 bits per heavy atom. The Hall–Kier alpha value is -4.08. The summed E-state index contributed by atoms with van der Waals surface area (Å²) in [6, 6.07) is 16.2. The van der Waals surface area contributed by atoms with Crippen molar-refractivity contribution in [3.05, 3.63) is 59.7 Å². The van der Waals surface area contributed by atoms with Crippen LogP contribution in [0.5, 0.6) is 0 Å². The van der Waals surface area contributed by atoms with Crippen molar-refractivity contribution in [3.63, 3.8) is 0 Å². The Bertz CT molecular complexity index is 1850. The first-order valence-electron chi connectivity index (χ1n) is 13.6. The van der Waals surface area contributed by atoms with Crippen molar-refractivity contribution in [1.29, 1.82) is 0 Å². The van der Waals surface area contributed by atoms with E-state index in [9.17, 15) is 14.7 Å². The molecule has 3 aromatic carbocycles. The van der Waals surface area contributed by atoms with Gasteiger partial charge in [0.2, 0.25) is 0 Å². The summed E-state index contributed by atoms with van der Waals surface area (Å²) in [4.78, 5) is 26.0. The number of carbonyl (C=O) groups is 2. The third-order valence-corrected chi connectivity index (χ3v) is 8.71. The van der Waals surface area contributed by atoms with E-state index in [0.29, 0.717) is 6.54 Å². The van der Waals surface area contributed by atoms with Gasteiger partial charge in [-0.15, -0.1) is 0 Å². The Balaban J connectivity index is 1.33. The van der Waals surface area contributed by atoms with Gasteiger partial charge in [0.25, 0.3) is 5.91 Å². The lowest BCUT2D eigenvalue weighted by molar-refractivity contribution is -0.0428. The van der Waals surface area contributed by atoms with Crippen LogP contribution in [-0.2, 0) is 24.4 Å². The second-order valence-electron chi connectivity index (χ2n) is 11.2. The number of nitrogens with one attached hydrogen (secondary N) is 3. The maximum Gasteiger partial charge on any atom is 0.407 e. The lowest BCUT2D eigenvalue weighted by atomic mass is 9.97. The van der Waals surface area contributed by atoms with E-state index in [2.05, 4.69) is 37.2 Å².